The molecule has 21 heavy (non-hydrogen) atoms. The summed E-state index contributed by atoms with van der Waals surface area (Å²) in [6.45, 7) is 2.65. The van der Waals surface area contributed by atoms with Crippen LogP contribution in [-0.2, 0) is 6.61 Å². The second kappa shape index (κ2) is 7.48. The van der Waals surface area contributed by atoms with Gasteiger partial charge in [0.15, 0.2) is 0 Å². The van der Waals surface area contributed by atoms with Gasteiger partial charge < -0.3 is 14.8 Å². The smallest absolute Gasteiger partial charge is 0.125 e. The Hall–Kier alpha value is -1.52. The van der Waals surface area contributed by atoms with Gasteiger partial charge in [-0.05, 0) is 43.8 Å². The van der Waals surface area contributed by atoms with Gasteiger partial charge in [0.25, 0.3) is 0 Å². The molecule has 112 valence electrons. The van der Waals surface area contributed by atoms with Crippen molar-refractivity contribution in [2.24, 2.45) is 0 Å². The molecule has 1 atom stereocenters. The Morgan fingerprint density at radius 1 is 1.14 bits per heavy atom. The van der Waals surface area contributed by atoms with E-state index in [9.17, 15) is 0 Å². The Labute approximate surface area is 134 Å². The largest absolute Gasteiger partial charge is 0.497 e. The topological polar surface area (TPSA) is 30.5 Å². The van der Waals surface area contributed by atoms with Crippen molar-refractivity contribution in [3.8, 4) is 11.5 Å². The average Bonchev–Trinajstić information content (AvgIpc) is 2.52. The molecule has 0 aromatic heterocycles. The molecule has 0 radical (unpaired) electrons. The number of nitrogens with one attached hydrogen (secondary N) is 1. The zero-order chi connectivity index (χ0) is 15.2. The molecule has 0 amide bonds. The van der Waals surface area contributed by atoms with E-state index in [0.29, 0.717) is 6.61 Å². The minimum absolute atomic E-state index is 0.240. The number of hydrogen-bond acceptors (Lipinski definition) is 3. The number of benzene rings is 2. The highest BCUT2D eigenvalue weighted by molar-refractivity contribution is 9.10. The van der Waals surface area contributed by atoms with Crippen LogP contribution in [0.3, 0.4) is 0 Å². The fourth-order valence-corrected chi connectivity index (χ4v) is 2.37. The van der Waals surface area contributed by atoms with E-state index in [4.69, 9.17) is 9.47 Å². The van der Waals surface area contributed by atoms with E-state index in [1.165, 1.54) is 0 Å². The second-order valence-electron chi connectivity index (χ2n) is 4.83. The Balaban J connectivity index is 2.12. The molecule has 0 heterocycles. The van der Waals surface area contributed by atoms with E-state index in [2.05, 4.69) is 34.2 Å². The standard InChI is InChI=1S/C17H20BrNO2/c1-12(19-2)16-9-6-14(18)10-17(16)21-11-13-4-7-15(20-3)8-5-13/h4-10,12,19H,11H2,1-3H3. The molecule has 0 fully saturated rings. The van der Waals surface area contributed by atoms with Gasteiger partial charge in [0.2, 0.25) is 0 Å². The molecule has 0 aliphatic heterocycles. The summed E-state index contributed by atoms with van der Waals surface area (Å²) in [6, 6.07) is 14.3. The second-order valence-corrected chi connectivity index (χ2v) is 5.74. The first-order chi connectivity index (χ1) is 10.1. The molecule has 2 rings (SSSR count). The molecule has 0 saturated carbocycles. The van der Waals surface area contributed by atoms with Gasteiger partial charge >= 0.3 is 0 Å². The summed E-state index contributed by atoms with van der Waals surface area (Å²) in [4.78, 5) is 0. The first kappa shape index (κ1) is 15.9. The lowest BCUT2D eigenvalue weighted by Crippen LogP contribution is -2.13. The molecule has 1 N–H and O–H groups in total. The van der Waals surface area contributed by atoms with Gasteiger partial charge in [-0.3, -0.25) is 0 Å². The van der Waals surface area contributed by atoms with E-state index < -0.39 is 0 Å². The number of ether oxygens (including phenoxy) is 2. The van der Waals surface area contributed by atoms with Gasteiger partial charge in [-0.15, -0.1) is 0 Å². The van der Waals surface area contributed by atoms with Crippen molar-refractivity contribution in [3.05, 3.63) is 58.1 Å². The first-order valence-electron chi connectivity index (χ1n) is 6.86. The molecule has 0 bridgehead atoms. The van der Waals surface area contributed by atoms with Crippen LogP contribution in [0, 0.1) is 0 Å². The van der Waals surface area contributed by atoms with Gasteiger partial charge in [0.1, 0.15) is 18.1 Å². The molecule has 0 saturated heterocycles. The van der Waals surface area contributed by atoms with Crippen molar-refractivity contribution in [2.45, 2.75) is 19.6 Å². The van der Waals surface area contributed by atoms with Crippen LogP contribution in [0.2, 0.25) is 0 Å². The third-order valence-corrected chi connectivity index (χ3v) is 3.92. The van der Waals surface area contributed by atoms with Gasteiger partial charge in [-0.2, -0.15) is 0 Å². The highest BCUT2D eigenvalue weighted by Gasteiger charge is 2.10. The Morgan fingerprint density at radius 2 is 1.86 bits per heavy atom. The van der Waals surface area contributed by atoms with Crippen LogP contribution in [-0.4, -0.2) is 14.2 Å². The lowest BCUT2D eigenvalue weighted by Gasteiger charge is -2.17. The van der Waals surface area contributed by atoms with E-state index in [1.807, 2.05) is 43.4 Å². The van der Waals surface area contributed by atoms with Crippen molar-refractivity contribution in [1.82, 2.24) is 5.32 Å². The summed E-state index contributed by atoms with van der Waals surface area (Å²) < 4.78 is 12.2. The highest BCUT2D eigenvalue weighted by atomic mass is 79.9. The van der Waals surface area contributed by atoms with Crippen LogP contribution < -0.4 is 14.8 Å². The summed E-state index contributed by atoms with van der Waals surface area (Å²) in [7, 11) is 3.61. The number of methoxy groups -OCH3 is 1. The van der Waals surface area contributed by atoms with Crippen LogP contribution in [0.25, 0.3) is 0 Å². The van der Waals surface area contributed by atoms with Crippen LogP contribution in [0.4, 0.5) is 0 Å². The number of rotatable bonds is 6. The molecule has 1 unspecified atom stereocenters. The minimum atomic E-state index is 0.240. The van der Waals surface area contributed by atoms with E-state index in [1.54, 1.807) is 7.11 Å². The SMILES string of the molecule is CNC(C)c1ccc(Br)cc1OCc1ccc(OC)cc1. The lowest BCUT2D eigenvalue weighted by atomic mass is 10.1. The molecule has 2 aromatic rings. The zero-order valence-electron chi connectivity index (χ0n) is 12.5. The van der Waals surface area contributed by atoms with E-state index in [0.717, 1.165) is 27.1 Å². The molecule has 0 aliphatic carbocycles. The summed E-state index contributed by atoms with van der Waals surface area (Å²) in [5, 5.41) is 3.24. The molecular weight excluding hydrogens is 330 g/mol. The minimum Gasteiger partial charge on any atom is -0.497 e. The number of halogens is 1. The summed E-state index contributed by atoms with van der Waals surface area (Å²) in [5.74, 6) is 1.74. The van der Waals surface area contributed by atoms with Crippen LogP contribution in [0.15, 0.2) is 46.9 Å². The predicted octanol–water partition coefficient (Wildman–Crippen LogP) is 4.32. The van der Waals surface area contributed by atoms with Crippen molar-refractivity contribution in [1.29, 1.82) is 0 Å². The molecule has 2 aromatic carbocycles. The zero-order valence-corrected chi connectivity index (χ0v) is 14.1. The summed E-state index contributed by atoms with van der Waals surface area (Å²) in [5.41, 5.74) is 2.26. The van der Waals surface area contributed by atoms with Crippen molar-refractivity contribution in [3.63, 3.8) is 0 Å². The molecule has 0 aliphatic rings. The Morgan fingerprint density at radius 3 is 2.48 bits per heavy atom. The first-order valence-corrected chi connectivity index (χ1v) is 7.65. The normalized spacial score (nSPS) is 12.0. The van der Waals surface area contributed by atoms with Crippen LogP contribution >= 0.6 is 15.9 Å². The third kappa shape index (κ3) is 4.22. The van der Waals surface area contributed by atoms with Crippen molar-refractivity contribution >= 4 is 15.9 Å². The maximum atomic E-state index is 5.99. The average molecular weight is 350 g/mol. The molecular formula is C17H20BrNO2. The lowest BCUT2D eigenvalue weighted by molar-refractivity contribution is 0.300. The summed E-state index contributed by atoms with van der Waals surface area (Å²) in [6.07, 6.45) is 0. The fourth-order valence-electron chi connectivity index (χ4n) is 2.03. The van der Waals surface area contributed by atoms with Gasteiger partial charge in [0.05, 0.1) is 7.11 Å². The number of hydrogen-bond donors (Lipinski definition) is 1. The fraction of sp³-hybridized carbons (Fsp3) is 0.294. The van der Waals surface area contributed by atoms with Gasteiger partial charge in [-0.1, -0.05) is 34.1 Å². The maximum absolute atomic E-state index is 5.99. The third-order valence-electron chi connectivity index (χ3n) is 3.43. The van der Waals surface area contributed by atoms with E-state index >= 15 is 0 Å². The Bertz CT molecular complexity index is 584. The van der Waals surface area contributed by atoms with E-state index in [-0.39, 0.29) is 6.04 Å². The maximum Gasteiger partial charge on any atom is 0.125 e. The quantitative estimate of drug-likeness (QED) is 0.842. The monoisotopic (exact) mass is 349 g/mol. The van der Waals surface area contributed by atoms with Gasteiger partial charge in [0, 0.05) is 16.1 Å². The van der Waals surface area contributed by atoms with Crippen molar-refractivity contribution in [2.75, 3.05) is 14.2 Å². The molecule has 3 nitrogen and oxygen atoms in total. The van der Waals surface area contributed by atoms with Crippen LogP contribution in [0.1, 0.15) is 24.1 Å². The molecule has 0 spiro atoms. The van der Waals surface area contributed by atoms with Crippen molar-refractivity contribution < 1.29 is 9.47 Å². The molecule has 4 heteroatoms. The predicted molar refractivity (Wildman–Crippen MR) is 88.9 cm³/mol. The Kier molecular flexibility index (Phi) is 5.65. The van der Waals surface area contributed by atoms with Gasteiger partial charge in [-0.25, -0.2) is 0 Å². The highest BCUT2D eigenvalue weighted by Crippen LogP contribution is 2.29. The summed E-state index contributed by atoms with van der Waals surface area (Å²) >= 11 is 3.50. The van der Waals surface area contributed by atoms with Crippen LogP contribution in [0.5, 0.6) is 11.5 Å².